The summed E-state index contributed by atoms with van der Waals surface area (Å²) in [6.07, 6.45) is 2.88. The molecule has 2 amide bonds. The highest BCUT2D eigenvalue weighted by Crippen LogP contribution is 2.30. The summed E-state index contributed by atoms with van der Waals surface area (Å²) in [7, 11) is 1.01. The third kappa shape index (κ3) is 9.75. The molecular weight excluding hydrogens is 595 g/mol. The maximum atomic E-state index is 14.7. The van der Waals surface area contributed by atoms with E-state index in [1.165, 1.54) is 18.2 Å². The smallest absolute Gasteiger partial charge is 0.440 e. The molecule has 43 heavy (non-hydrogen) atoms. The van der Waals surface area contributed by atoms with E-state index < -0.39 is 28.2 Å². The summed E-state index contributed by atoms with van der Waals surface area (Å²) >= 11 is 6.12. The fourth-order valence-corrected chi connectivity index (χ4v) is 5.32. The number of likely N-dealkylation sites (N-methyl/N-ethyl adjacent to an activating group) is 1. The Morgan fingerprint density at radius 1 is 1.12 bits per heavy atom. The van der Waals surface area contributed by atoms with Gasteiger partial charge < -0.3 is 25.2 Å². The molecule has 1 unspecified atom stereocenters. The van der Waals surface area contributed by atoms with E-state index in [0.29, 0.717) is 40.2 Å². The number of benzene rings is 1. The topological polar surface area (TPSA) is 125 Å². The Bertz CT molecular complexity index is 1510. The van der Waals surface area contributed by atoms with E-state index in [9.17, 15) is 14.0 Å². The molecule has 14 heteroatoms. The van der Waals surface area contributed by atoms with Crippen LogP contribution in [0.25, 0.3) is 11.3 Å². The number of halogens is 2. The molecule has 3 aromatic rings. The normalized spacial score (nSPS) is 15.2. The van der Waals surface area contributed by atoms with Crippen molar-refractivity contribution in [3.8, 4) is 11.3 Å². The first-order chi connectivity index (χ1) is 20.4. The second-order valence-electron chi connectivity index (χ2n) is 11.1. The molecular formula is C29H36ClFN8O3S. The van der Waals surface area contributed by atoms with Crippen LogP contribution >= 0.6 is 11.6 Å². The lowest BCUT2D eigenvalue weighted by Gasteiger charge is -2.32. The monoisotopic (exact) mass is 630 g/mol. The van der Waals surface area contributed by atoms with Gasteiger partial charge in [0, 0.05) is 67.7 Å². The SMILES string of the molecule is CN1CCN(CCC(=O)Nc2cc(Nc3cc(-c4cc(Cl)ccc4F)nnc3S(C)=NC(=O)OC(C)(C)C)ccn2)CC1. The lowest BCUT2D eigenvalue weighted by Crippen LogP contribution is -2.45. The van der Waals surface area contributed by atoms with Gasteiger partial charge in [-0.2, -0.15) is 0 Å². The third-order valence-electron chi connectivity index (χ3n) is 6.41. The van der Waals surface area contributed by atoms with E-state index >= 15 is 0 Å². The molecule has 0 saturated carbocycles. The van der Waals surface area contributed by atoms with Gasteiger partial charge in [0.25, 0.3) is 0 Å². The Labute approximate surface area is 258 Å². The second kappa shape index (κ2) is 14.3. The molecule has 1 aliphatic heterocycles. The average Bonchev–Trinajstić information content (AvgIpc) is 2.93. The Hall–Kier alpha value is -3.52. The minimum atomic E-state index is -1.08. The van der Waals surface area contributed by atoms with Gasteiger partial charge in [-0.1, -0.05) is 11.6 Å². The van der Waals surface area contributed by atoms with Gasteiger partial charge in [0.15, 0.2) is 5.03 Å². The van der Waals surface area contributed by atoms with Gasteiger partial charge in [0.1, 0.15) is 17.2 Å². The average molecular weight is 631 g/mol. The van der Waals surface area contributed by atoms with Gasteiger partial charge in [-0.15, -0.1) is 14.6 Å². The van der Waals surface area contributed by atoms with Crippen molar-refractivity contribution >= 4 is 51.5 Å². The molecule has 1 fully saturated rings. The van der Waals surface area contributed by atoms with Gasteiger partial charge >= 0.3 is 6.09 Å². The molecule has 0 aliphatic carbocycles. The number of anilines is 3. The molecule has 3 heterocycles. The first-order valence-electron chi connectivity index (χ1n) is 13.7. The van der Waals surface area contributed by atoms with Gasteiger partial charge in [-0.05, 0) is 75.1 Å². The lowest BCUT2D eigenvalue weighted by molar-refractivity contribution is -0.116. The number of aromatic nitrogens is 3. The zero-order valence-electron chi connectivity index (χ0n) is 24.9. The Morgan fingerprint density at radius 2 is 1.86 bits per heavy atom. The minimum Gasteiger partial charge on any atom is -0.442 e. The van der Waals surface area contributed by atoms with Crippen LogP contribution in [0.3, 0.4) is 0 Å². The summed E-state index contributed by atoms with van der Waals surface area (Å²) in [6, 6.07) is 9.16. The fraction of sp³-hybridized carbons (Fsp3) is 0.414. The first-order valence-corrected chi connectivity index (χ1v) is 15.7. The third-order valence-corrected chi connectivity index (χ3v) is 7.93. The van der Waals surface area contributed by atoms with Crippen LogP contribution in [0, 0.1) is 5.82 Å². The molecule has 2 N–H and O–H groups in total. The van der Waals surface area contributed by atoms with Crippen LogP contribution in [0.1, 0.15) is 27.2 Å². The Kier molecular flexibility index (Phi) is 10.8. The van der Waals surface area contributed by atoms with Crippen molar-refractivity contribution in [3.63, 3.8) is 0 Å². The molecule has 0 bridgehead atoms. The van der Waals surface area contributed by atoms with Crippen molar-refractivity contribution in [3.05, 3.63) is 53.4 Å². The summed E-state index contributed by atoms with van der Waals surface area (Å²) in [4.78, 5) is 33.9. The van der Waals surface area contributed by atoms with Gasteiger partial charge in [-0.25, -0.2) is 14.2 Å². The van der Waals surface area contributed by atoms with E-state index in [2.05, 4.69) is 47.0 Å². The van der Waals surface area contributed by atoms with Crippen molar-refractivity contribution in [2.75, 3.05) is 56.7 Å². The molecule has 1 aromatic carbocycles. The number of nitrogens with zero attached hydrogens (tertiary/aromatic N) is 6. The maximum absolute atomic E-state index is 14.7. The van der Waals surface area contributed by atoms with Gasteiger partial charge in [0.2, 0.25) is 5.91 Å². The van der Waals surface area contributed by atoms with E-state index in [4.69, 9.17) is 16.3 Å². The minimum absolute atomic E-state index is 0.139. The summed E-state index contributed by atoms with van der Waals surface area (Å²) in [5.74, 6) is -0.288. The van der Waals surface area contributed by atoms with E-state index in [1.807, 2.05) is 0 Å². The molecule has 1 atom stereocenters. The highest BCUT2D eigenvalue weighted by atomic mass is 35.5. The number of ether oxygens (including phenoxy) is 1. The van der Waals surface area contributed by atoms with Crippen LogP contribution in [0.4, 0.5) is 26.4 Å². The molecule has 230 valence electrons. The summed E-state index contributed by atoms with van der Waals surface area (Å²) in [5, 5.41) is 15.3. The second-order valence-corrected chi connectivity index (χ2v) is 13.1. The van der Waals surface area contributed by atoms with E-state index in [-0.39, 0.29) is 17.2 Å². The number of rotatable bonds is 8. The van der Waals surface area contributed by atoms with Crippen LogP contribution in [-0.4, -0.2) is 88.6 Å². The molecule has 1 saturated heterocycles. The number of piperazine rings is 1. The Balaban J connectivity index is 1.57. The molecule has 2 aromatic heterocycles. The standard InChI is InChI=1S/C29H36ClFN8O3S/c1-29(2,3)42-28(41)37-43(5)27-24(18-23(35-36-27)21-16-19(30)6-7-22(21)31)33-20-8-10-32-25(17-20)34-26(40)9-11-39-14-12-38(4)13-15-39/h6-8,10,16-18H,9,11-15H2,1-5H3,(H2,32,33,34,35,40). The summed E-state index contributed by atoms with van der Waals surface area (Å²) in [6.45, 7) is 9.77. The predicted octanol–water partition coefficient (Wildman–Crippen LogP) is 5.38. The molecule has 0 spiro atoms. The molecule has 0 radical (unpaired) electrons. The molecule has 4 rings (SSSR count). The number of carbonyl (C=O) groups excluding carboxylic acids is 2. The maximum Gasteiger partial charge on any atom is 0.440 e. The highest BCUT2D eigenvalue weighted by Gasteiger charge is 2.19. The fourth-order valence-electron chi connectivity index (χ4n) is 4.22. The quantitative estimate of drug-likeness (QED) is 0.338. The van der Waals surface area contributed by atoms with E-state index in [1.54, 1.807) is 51.4 Å². The number of hydrogen-bond donors (Lipinski definition) is 2. The molecule has 1 aliphatic rings. The van der Waals surface area contributed by atoms with Crippen LogP contribution in [0.15, 0.2) is 52.0 Å². The van der Waals surface area contributed by atoms with Gasteiger partial charge in [-0.3, -0.25) is 4.79 Å². The first kappa shape index (κ1) is 32.4. The Morgan fingerprint density at radius 3 is 2.58 bits per heavy atom. The van der Waals surface area contributed by atoms with Crippen molar-refractivity contribution in [2.24, 2.45) is 4.36 Å². The predicted molar refractivity (Wildman–Crippen MR) is 167 cm³/mol. The van der Waals surface area contributed by atoms with Crippen molar-refractivity contribution in [1.82, 2.24) is 25.0 Å². The number of hydrogen-bond acceptors (Lipinski definition) is 9. The van der Waals surface area contributed by atoms with Crippen LogP contribution in [0.2, 0.25) is 5.02 Å². The van der Waals surface area contributed by atoms with E-state index in [0.717, 1.165) is 26.2 Å². The van der Waals surface area contributed by atoms with Crippen molar-refractivity contribution in [2.45, 2.75) is 37.8 Å². The lowest BCUT2D eigenvalue weighted by atomic mass is 10.1. The summed E-state index contributed by atoms with van der Waals surface area (Å²) < 4.78 is 24.2. The number of pyridine rings is 1. The summed E-state index contributed by atoms with van der Waals surface area (Å²) in [5.41, 5.74) is 0.685. The highest BCUT2D eigenvalue weighted by molar-refractivity contribution is 7.87. The largest absolute Gasteiger partial charge is 0.442 e. The molecule has 11 nitrogen and oxygen atoms in total. The zero-order valence-corrected chi connectivity index (χ0v) is 26.4. The number of amides is 2. The van der Waals surface area contributed by atoms with Crippen molar-refractivity contribution < 1.29 is 18.7 Å². The van der Waals surface area contributed by atoms with Crippen LogP contribution in [-0.2, 0) is 20.2 Å². The van der Waals surface area contributed by atoms with Crippen LogP contribution in [0.5, 0.6) is 0 Å². The van der Waals surface area contributed by atoms with Crippen LogP contribution < -0.4 is 10.6 Å². The van der Waals surface area contributed by atoms with Gasteiger partial charge in [0.05, 0.1) is 11.4 Å². The number of carbonyl (C=O) groups is 2. The zero-order chi connectivity index (χ0) is 31.1. The van der Waals surface area contributed by atoms with Crippen molar-refractivity contribution in [1.29, 1.82) is 0 Å². The number of nitrogens with one attached hydrogen (secondary N) is 2.